The van der Waals surface area contributed by atoms with E-state index >= 15 is 0 Å². The fourth-order valence-electron chi connectivity index (χ4n) is 0.660. The lowest BCUT2D eigenvalue weighted by Gasteiger charge is -1.93. The summed E-state index contributed by atoms with van der Waals surface area (Å²) in [5, 5.41) is 9.82. The second-order valence-corrected chi connectivity index (χ2v) is 2.70. The largest absolute Gasteiger partial charge is 0.297 e. The summed E-state index contributed by atoms with van der Waals surface area (Å²) >= 11 is 1.15. The highest BCUT2D eigenvalue weighted by atomic mass is 32.1. The number of thiophene rings is 1. The van der Waals surface area contributed by atoms with Crippen molar-refractivity contribution in [3.05, 3.63) is 21.9 Å². The number of rotatable bonds is 2. The number of carbonyl (C=O) groups is 2. The molecule has 0 spiro atoms. The fraction of sp³-hybridized carbons (Fsp3) is 0. The molecule has 0 atom stereocenters. The van der Waals surface area contributed by atoms with Gasteiger partial charge < -0.3 is 0 Å². The van der Waals surface area contributed by atoms with E-state index in [2.05, 4.69) is 0 Å². The van der Waals surface area contributed by atoms with Crippen molar-refractivity contribution in [1.82, 2.24) is 5.48 Å². The van der Waals surface area contributed by atoms with Crippen LogP contribution in [-0.4, -0.2) is 17.4 Å². The predicted octanol–water partition coefficient (Wildman–Crippen LogP) is 0.680. The van der Waals surface area contributed by atoms with Crippen LogP contribution >= 0.6 is 11.3 Å². The highest BCUT2D eigenvalue weighted by Crippen LogP contribution is 2.13. The van der Waals surface area contributed by atoms with Gasteiger partial charge in [0.05, 0.1) is 10.4 Å². The first-order valence-corrected chi connectivity index (χ1v) is 3.64. The minimum Gasteiger partial charge on any atom is -0.297 e. The van der Waals surface area contributed by atoms with Crippen LogP contribution < -0.4 is 5.48 Å². The van der Waals surface area contributed by atoms with Crippen molar-refractivity contribution in [3.8, 4) is 0 Å². The molecular formula is C6H5NO3S. The maximum absolute atomic E-state index is 10.7. The molecule has 58 valence electrons. The Balaban J connectivity index is 3.01. The van der Waals surface area contributed by atoms with Gasteiger partial charge in [0.2, 0.25) is 0 Å². The molecule has 0 fully saturated rings. The minimum absolute atomic E-state index is 0.201. The topological polar surface area (TPSA) is 66.4 Å². The van der Waals surface area contributed by atoms with Crippen molar-refractivity contribution < 1.29 is 14.8 Å². The van der Waals surface area contributed by atoms with E-state index in [1.54, 1.807) is 5.38 Å². The Kier molecular flexibility index (Phi) is 2.35. The van der Waals surface area contributed by atoms with Gasteiger partial charge in [0.25, 0.3) is 5.91 Å². The van der Waals surface area contributed by atoms with Gasteiger partial charge in [-0.1, -0.05) is 0 Å². The zero-order valence-electron chi connectivity index (χ0n) is 5.40. The van der Waals surface area contributed by atoms with E-state index in [1.165, 1.54) is 11.5 Å². The van der Waals surface area contributed by atoms with E-state index in [4.69, 9.17) is 5.21 Å². The summed E-state index contributed by atoms with van der Waals surface area (Å²) in [5.74, 6) is -0.659. The summed E-state index contributed by atoms with van der Waals surface area (Å²) in [6, 6.07) is 1.47. The molecule has 5 heteroatoms. The lowest BCUT2D eigenvalue weighted by molar-refractivity contribution is 0.0705. The van der Waals surface area contributed by atoms with Gasteiger partial charge in [-0.3, -0.25) is 14.8 Å². The molecule has 4 nitrogen and oxygen atoms in total. The lowest BCUT2D eigenvalue weighted by atomic mass is 10.2. The third kappa shape index (κ3) is 1.44. The molecule has 0 saturated heterocycles. The molecule has 1 rings (SSSR count). The van der Waals surface area contributed by atoms with Crippen molar-refractivity contribution in [1.29, 1.82) is 0 Å². The quantitative estimate of drug-likeness (QED) is 0.390. The average molecular weight is 171 g/mol. The monoisotopic (exact) mass is 171 g/mol. The van der Waals surface area contributed by atoms with Gasteiger partial charge in [-0.05, 0) is 11.4 Å². The predicted molar refractivity (Wildman–Crippen MR) is 39.0 cm³/mol. The molecule has 1 aromatic rings. The summed E-state index contributed by atoms with van der Waals surface area (Å²) < 4.78 is 0. The van der Waals surface area contributed by atoms with Crippen molar-refractivity contribution in [2.24, 2.45) is 0 Å². The SMILES string of the molecule is O=Cc1sccc1C(=O)NO. The van der Waals surface area contributed by atoms with Crippen molar-refractivity contribution in [2.75, 3.05) is 0 Å². The lowest BCUT2D eigenvalue weighted by Crippen LogP contribution is -2.18. The maximum atomic E-state index is 10.7. The maximum Gasteiger partial charge on any atom is 0.276 e. The first-order valence-electron chi connectivity index (χ1n) is 2.76. The van der Waals surface area contributed by atoms with Crippen molar-refractivity contribution in [2.45, 2.75) is 0 Å². The Hall–Kier alpha value is -1.20. The number of hydroxylamine groups is 1. The molecule has 2 N–H and O–H groups in total. The van der Waals surface area contributed by atoms with Crippen LogP contribution in [-0.2, 0) is 0 Å². The van der Waals surface area contributed by atoms with Crippen LogP contribution in [0.5, 0.6) is 0 Å². The van der Waals surface area contributed by atoms with Crippen molar-refractivity contribution >= 4 is 23.5 Å². The Morgan fingerprint density at radius 3 is 3.00 bits per heavy atom. The fourth-order valence-corrected chi connectivity index (χ4v) is 1.35. The van der Waals surface area contributed by atoms with Gasteiger partial charge in [-0.25, -0.2) is 5.48 Å². The van der Waals surface area contributed by atoms with Gasteiger partial charge in [-0.15, -0.1) is 11.3 Å². The van der Waals surface area contributed by atoms with E-state index < -0.39 is 5.91 Å². The molecule has 0 bridgehead atoms. The van der Waals surface area contributed by atoms with Gasteiger partial charge in [-0.2, -0.15) is 0 Å². The van der Waals surface area contributed by atoms with E-state index in [0.717, 1.165) is 11.3 Å². The molecule has 0 aliphatic heterocycles. The first-order chi connectivity index (χ1) is 5.29. The summed E-state index contributed by atoms with van der Waals surface area (Å²) in [7, 11) is 0. The third-order valence-electron chi connectivity index (χ3n) is 1.15. The number of hydrogen-bond donors (Lipinski definition) is 2. The molecule has 0 aliphatic carbocycles. The van der Waals surface area contributed by atoms with Crippen LogP contribution in [0.1, 0.15) is 20.0 Å². The summed E-state index contributed by atoms with van der Waals surface area (Å²) in [5.41, 5.74) is 1.65. The first kappa shape index (κ1) is 7.90. The second kappa shape index (κ2) is 3.27. The van der Waals surface area contributed by atoms with E-state index in [0.29, 0.717) is 11.2 Å². The highest BCUT2D eigenvalue weighted by Gasteiger charge is 2.10. The van der Waals surface area contributed by atoms with Crippen LogP contribution in [0.2, 0.25) is 0 Å². The van der Waals surface area contributed by atoms with E-state index in [9.17, 15) is 9.59 Å². The molecule has 0 radical (unpaired) electrons. The van der Waals surface area contributed by atoms with Gasteiger partial charge >= 0.3 is 0 Å². The number of aldehydes is 1. The Morgan fingerprint density at radius 1 is 1.73 bits per heavy atom. The van der Waals surface area contributed by atoms with Crippen molar-refractivity contribution in [3.63, 3.8) is 0 Å². The highest BCUT2D eigenvalue weighted by molar-refractivity contribution is 7.12. The van der Waals surface area contributed by atoms with E-state index in [-0.39, 0.29) is 5.56 Å². The zero-order chi connectivity index (χ0) is 8.27. The molecule has 1 aromatic heterocycles. The number of nitrogens with one attached hydrogen (secondary N) is 1. The molecule has 0 saturated carbocycles. The molecule has 0 unspecified atom stereocenters. The normalized spacial score (nSPS) is 9.18. The molecule has 1 amide bonds. The Bertz CT molecular complexity index is 281. The Labute approximate surface area is 66.4 Å². The molecule has 1 heterocycles. The average Bonchev–Trinajstić information content (AvgIpc) is 2.50. The van der Waals surface area contributed by atoms with Crippen LogP contribution in [0.25, 0.3) is 0 Å². The van der Waals surface area contributed by atoms with Crippen LogP contribution in [0, 0.1) is 0 Å². The molecule has 0 aromatic carbocycles. The van der Waals surface area contributed by atoms with Crippen LogP contribution in [0.15, 0.2) is 11.4 Å². The summed E-state index contributed by atoms with van der Waals surface area (Å²) in [6.45, 7) is 0. The minimum atomic E-state index is -0.659. The number of hydrogen-bond acceptors (Lipinski definition) is 4. The second-order valence-electron chi connectivity index (χ2n) is 1.76. The number of amides is 1. The summed E-state index contributed by atoms with van der Waals surface area (Å²) in [4.78, 5) is 21.3. The molecular weight excluding hydrogens is 166 g/mol. The molecule has 11 heavy (non-hydrogen) atoms. The number of carbonyl (C=O) groups excluding carboxylic acids is 2. The van der Waals surface area contributed by atoms with E-state index in [1.807, 2.05) is 0 Å². The zero-order valence-corrected chi connectivity index (χ0v) is 6.22. The van der Waals surface area contributed by atoms with Gasteiger partial charge in [0.15, 0.2) is 6.29 Å². The van der Waals surface area contributed by atoms with Gasteiger partial charge in [0.1, 0.15) is 0 Å². The summed E-state index contributed by atoms with van der Waals surface area (Å²) in [6.07, 6.45) is 0.579. The Morgan fingerprint density at radius 2 is 2.45 bits per heavy atom. The van der Waals surface area contributed by atoms with Gasteiger partial charge in [0, 0.05) is 0 Å². The standard InChI is InChI=1S/C6H5NO3S/c8-3-5-4(1-2-11-5)6(9)7-10/h1-3,10H,(H,7,9). The van der Waals surface area contributed by atoms with Crippen LogP contribution in [0.4, 0.5) is 0 Å². The molecule has 0 aliphatic rings. The third-order valence-corrected chi connectivity index (χ3v) is 1.99. The van der Waals surface area contributed by atoms with Crippen LogP contribution in [0.3, 0.4) is 0 Å². The smallest absolute Gasteiger partial charge is 0.276 e.